The Balaban J connectivity index is 1.72. The summed E-state index contributed by atoms with van der Waals surface area (Å²) >= 11 is 0. The predicted octanol–water partition coefficient (Wildman–Crippen LogP) is 3.17. The average Bonchev–Trinajstić information content (AvgIpc) is 2.94. The second kappa shape index (κ2) is 8.21. The van der Waals surface area contributed by atoms with Crippen LogP contribution in [0, 0.1) is 0 Å². The van der Waals surface area contributed by atoms with Crippen molar-refractivity contribution in [3.05, 3.63) is 35.5 Å². The van der Waals surface area contributed by atoms with Gasteiger partial charge in [0.25, 0.3) is 0 Å². The zero-order valence-corrected chi connectivity index (χ0v) is 15.9. The first-order valence-corrected chi connectivity index (χ1v) is 9.97. The lowest BCUT2D eigenvalue weighted by molar-refractivity contribution is 0.276. The molecule has 0 bridgehead atoms. The van der Waals surface area contributed by atoms with Crippen molar-refractivity contribution in [3.63, 3.8) is 0 Å². The van der Waals surface area contributed by atoms with E-state index in [9.17, 15) is 4.39 Å². The molecule has 1 fully saturated rings. The van der Waals surface area contributed by atoms with E-state index in [4.69, 9.17) is 14.7 Å². The summed E-state index contributed by atoms with van der Waals surface area (Å²) in [5.41, 5.74) is 4.44. The van der Waals surface area contributed by atoms with Crippen LogP contribution in [0.2, 0.25) is 0 Å². The molecule has 0 amide bonds. The molecule has 1 N–H and O–H groups in total. The Morgan fingerprint density at radius 2 is 1.85 bits per heavy atom. The maximum atomic E-state index is 13.6. The highest BCUT2D eigenvalue weighted by atomic mass is 19.1. The molecular formula is C21H27FN4O. The van der Waals surface area contributed by atoms with Gasteiger partial charge in [0.15, 0.2) is 0 Å². The summed E-state index contributed by atoms with van der Waals surface area (Å²) in [4.78, 5) is 12.0. The van der Waals surface area contributed by atoms with Crippen molar-refractivity contribution in [1.29, 1.82) is 0 Å². The van der Waals surface area contributed by atoms with Crippen molar-refractivity contribution < 1.29 is 9.13 Å². The lowest BCUT2D eigenvalue weighted by atomic mass is 10.0. The van der Waals surface area contributed by atoms with Crippen molar-refractivity contribution in [3.8, 4) is 17.0 Å². The molecular weight excluding hydrogens is 343 g/mol. The predicted molar refractivity (Wildman–Crippen MR) is 105 cm³/mol. The number of piperidine rings is 1. The fourth-order valence-electron chi connectivity index (χ4n) is 3.84. The zero-order valence-electron chi connectivity index (χ0n) is 15.9. The lowest BCUT2D eigenvalue weighted by Crippen LogP contribution is -2.36. The third kappa shape index (κ3) is 4.05. The number of hydrogen-bond acceptors (Lipinski definition) is 5. The molecule has 27 heavy (non-hydrogen) atoms. The van der Waals surface area contributed by atoms with E-state index in [0.717, 1.165) is 54.6 Å². The highest BCUT2D eigenvalue weighted by Gasteiger charge is 2.24. The van der Waals surface area contributed by atoms with Gasteiger partial charge in [0.05, 0.1) is 18.0 Å². The van der Waals surface area contributed by atoms with E-state index in [0.29, 0.717) is 32.5 Å². The summed E-state index contributed by atoms with van der Waals surface area (Å²) in [7, 11) is 0. The summed E-state index contributed by atoms with van der Waals surface area (Å²) in [6.45, 7) is 5.87. The van der Waals surface area contributed by atoms with Gasteiger partial charge in [-0.25, -0.2) is 14.4 Å². The molecule has 2 aliphatic rings. The van der Waals surface area contributed by atoms with Crippen molar-refractivity contribution in [1.82, 2.24) is 15.3 Å². The Morgan fingerprint density at radius 1 is 1.11 bits per heavy atom. The number of nitrogens with one attached hydrogen (secondary N) is 1. The molecule has 1 aromatic heterocycles. The SMILES string of the molecule is CCOc1ccc(-c2nc(N3CCC(F)CC3)nc3c2CCNCC3)cc1. The number of hydrogen-bond donors (Lipinski definition) is 1. The molecule has 6 heteroatoms. The smallest absolute Gasteiger partial charge is 0.226 e. The van der Waals surface area contributed by atoms with Crippen molar-refractivity contribution in [2.24, 2.45) is 0 Å². The standard InChI is InChI=1S/C21H27FN4O/c1-2-27-17-5-3-15(4-6-17)20-18-7-11-23-12-8-19(18)24-21(25-20)26-13-9-16(22)10-14-26/h3-6,16,23H,2,7-14H2,1H3. The Morgan fingerprint density at radius 3 is 2.59 bits per heavy atom. The summed E-state index contributed by atoms with van der Waals surface area (Å²) in [6.07, 6.45) is 2.23. The van der Waals surface area contributed by atoms with Gasteiger partial charge in [-0.3, -0.25) is 0 Å². The minimum atomic E-state index is -0.697. The highest BCUT2D eigenvalue weighted by Crippen LogP contribution is 2.30. The van der Waals surface area contributed by atoms with Gasteiger partial charge < -0.3 is 15.0 Å². The second-order valence-corrected chi connectivity index (χ2v) is 7.17. The topological polar surface area (TPSA) is 50.3 Å². The van der Waals surface area contributed by atoms with Crippen LogP contribution in [-0.2, 0) is 12.8 Å². The molecule has 0 atom stereocenters. The number of aromatic nitrogens is 2. The minimum Gasteiger partial charge on any atom is -0.494 e. The van der Waals surface area contributed by atoms with E-state index < -0.39 is 6.17 Å². The molecule has 0 radical (unpaired) electrons. The monoisotopic (exact) mass is 370 g/mol. The van der Waals surface area contributed by atoms with E-state index in [-0.39, 0.29) is 0 Å². The molecule has 3 heterocycles. The first-order chi connectivity index (χ1) is 13.2. The Hall–Kier alpha value is -2.21. The third-order valence-corrected chi connectivity index (χ3v) is 5.32. The third-order valence-electron chi connectivity index (χ3n) is 5.32. The summed E-state index contributed by atoms with van der Waals surface area (Å²) in [5.74, 6) is 1.61. The maximum absolute atomic E-state index is 13.6. The summed E-state index contributed by atoms with van der Waals surface area (Å²) in [6, 6.07) is 8.14. The molecule has 0 saturated carbocycles. The molecule has 0 spiro atoms. The van der Waals surface area contributed by atoms with Gasteiger partial charge in [-0.15, -0.1) is 0 Å². The number of halogens is 1. The van der Waals surface area contributed by atoms with Crippen LogP contribution < -0.4 is 15.0 Å². The Kier molecular flexibility index (Phi) is 5.53. The first kappa shape index (κ1) is 18.2. The quantitative estimate of drug-likeness (QED) is 0.896. The van der Waals surface area contributed by atoms with E-state index in [1.165, 1.54) is 5.56 Å². The van der Waals surface area contributed by atoms with Gasteiger partial charge in [0, 0.05) is 37.2 Å². The number of rotatable bonds is 4. The fourth-order valence-corrected chi connectivity index (χ4v) is 3.84. The molecule has 144 valence electrons. The van der Waals surface area contributed by atoms with Crippen LogP contribution in [0.1, 0.15) is 31.0 Å². The average molecular weight is 370 g/mol. The number of benzene rings is 1. The van der Waals surface area contributed by atoms with E-state index in [1.807, 2.05) is 19.1 Å². The molecule has 0 unspecified atom stereocenters. The van der Waals surface area contributed by atoms with Gasteiger partial charge in [0.1, 0.15) is 11.9 Å². The Labute approximate surface area is 160 Å². The molecule has 4 rings (SSSR count). The van der Waals surface area contributed by atoms with Crippen molar-refractivity contribution in [2.75, 3.05) is 37.7 Å². The van der Waals surface area contributed by atoms with Crippen LogP contribution in [0.3, 0.4) is 0 Å². The molecule has 2 aliphatic heterocycles. The van der Waals surface area contributed by atoms with Crippen LogP contribution >= 0.6 is 0 Å². The number of nitrogens with zero attached hydrogens (tertiary/aromatic N) is 3. The lowest BCUT2D eigenvalue weighted by Gasteiger charge is -2.29. The summed E-state index contributed by atoms with van der Waals surface area (Å²) in [5, 5.41) is 3.45. The van der Waals surface area contributed by atoms with Gasteiger partial charge in [-0.1, -0.05) is 0 Å². The maximum Gasteiger partial charge on any atom is 0.226 e. The Bertz CT molecular complexity index is 772. The largest absolute Gasteiger partial charge is 0.494 e. The van der Waals surface area contributed by atoms with Crippen LogP contribution in [0.25, 0.3) is 11.3 Å². The van der Waals surface area contributed by atoms with Crippen LogP contribution in [0.4, 0.5) is 10.3 Å². The highest BCUT2D eigenvalue weighted by molar-refractivity contribution is 5.66. The molecule has 1 saturated heterocycles. The van der Waals surface area contributed by atoms with E-state index in [2.05, 4.69) is 22.3 Å². The number of fused-ring (bicyclic) bond motifs is 1. The number of anilines is 1. The van der Waals surface area contributed by atoms with Crippen LogP contribution in [-0.4, -0.2) is 48.9 Å². The van der Waals surface area contributed by atoms with Gasteiger partial charge >= 0.3 is 0 Å². The van der Waals surface area contributed by atoms with Gasteiger partial charge in [0.2, 0.25) is 5.95 Å². The molecule has 1 aromatic carbocycles. The van der Waals surface area contributed by atoms with Crippen LogP contribution in [0.15, 0.2) is 24.3 Å². The van der Waals surface area contributed by atoms with Gasteiger partial charge in [-0.05, 0) is 57.0 Å². The van der Waals surface area contributed by atoms with Crippen molar-refractivity contribution >= 4 is 5.95 Å². The summed E-state index contributed by atoms with van der Waals surface area (Å²) < 4.78 is 19.1. The number of ether oxygens (including phenoxy) is 1. The number of alkyl halides is 1. The molecule has 0 aliphatic carbocycles. The van der Waals surface area contributed by atoms with Crippen LogP contribution in [0.5, 0.6) is 5.75 Å². The minimum absolute atomic E-state index is 0.556. The van der Waals surface area contributed by atoms with E-state index in [1.54, 1.807) is 0 Å². The normalized spacial score (nSPS) is 18.1. The first-order valence-electron chi connectivity index (χ1n) is 9.97. The van der Waals surface area contributed by atoms with Gasteiger partial charge in [-0.2, -0.15) is 0 Å². The van der Waals surface area contributed by atoms with E-state index >= 15 is 0 Å². The second-order valence-electron chi connectivity index (χ2n) is 7.17. The molecule has 5 nitrogen and oxygen atoms in total. The van der Waals surface area contributed by atoms with Crippen molar-refractivity contribution in [2.45, 2.75) is 38.8 Å². The fraction of sp³-hybridized carbons (Fsp3) is 0.524. The zero-order chi connectivity index (χ0) is 18.6. The molecule has 2 aromatic rings.